The molecule has 2 atom stereocenters. The number of aryl methyl sites for hydroxylation is 1. The summed E-state index contributed by atoms with van der Waals surface area (Å²) in [6, 6.07) is 16.0. The summed E-state index contributed by atoms with van der Waals surface area (Å²) in [7, 11) is 0. The molecular formula is C16H18BrNO. The Morgan fingerprint density at radius 3 is 2.37 bits per heavy atom. The second-order valence-electron chi connectivity index (χ2n) is 4.74. The Morgan fingerprint density at radius 2 is 1.79 bits per heavy atom. The van der Waals surface area contributed by atoms with Crippen LogP contribution in [0.2, 0.25) is 0 Å². The van der Waals surface area contributed by atoms with Gasteiger partial charge in [-0.05, 0) is 53.0 Å². The first-order valence-electron chi connectivity index (χ1n) is 6.31. The molecule has 0 amide bonds. The van der Waals surface area contributed by atoms with Crippen molar-refractivity contribution in [2.24, 2.45) is 5.73 Å². The average molecular weight is 320 g/mol. The van der Waals surface area contributed by atoms with E-state index in [9.17, 15) is 0 Å². The van der Waals surface area contributed by atoms with Gasteiger partial charge in [0.2, 0.25) is 0 Å². The lowest BCUT2D eigenvalue weighted by molar-refractivity contribution is 0.179. The zero-order chi connectivity index (χ0) is 13.8. The Kier molecular flexibility index (Phi) is 4.61. The zero-order valence-corrected chi connectivity index (χ0v) is 12.7. The largest absolute Gasteiger partial charge is 0.483 e. The molecule has 3 heteroatoms. The fraction of sp³-hybridized carbons (Fsp3) is 0.250. The minimum absolute atomic E-state index is 0.0874. The Labute approximate surface area is 122 Å². The highest BCUT2D eigenvalue weighted by Crippen LogP contribution is 2.31. The molecule has 2 rings (SSSR count). The van der Waals surface area contributed by atoms with E-state index >= 15 is 0 Å². The van der Waals surface area contributed by atoms with Gasteiger partial charge in [0.25, 0.3) is 0 Å². The molecule has 0 aromatic heterocycles. The number of nitrogens with two attached hydrogens (primary N) is 1. The van der Waals surface area contributed by atoms with Gasteiger partial charge in [-0.3, -0.25) is 0 Å². The fourth-order valence-corrected chi connectivity index (χ4v) is 2.55. The Morgan fingerprint density at radius 1 is 1.11 bits per heavy atom. The van der Waals surface area contributed by atoms with E-state index in [4.69, 9.17) is 10.5 Å². The van der Waals surface area contributed by atoms with E-state index in [1.54, 1.807) is 0 Å². The minimum Gasteiger partial charge on any atom is -0.483 e. The first-order valence-corrected chi connectivity index (χ1v) is 7.10. The monoisotopic (exact) mass is 319 g/mol. The molecule has 100 valence electrons. The molecule has 0 saturated carbocycles. The van der Waals surface area contributed by atoms with Crippen LogP contribution in [0.3, 0.4) is 0 Å². The van der Waals surface area contributed by atoms with Crippen LogP contribution in [-0.4, -0.2) is 6.04 Å². The highest BCUT2D eigenvalue weighted by atomic mass is 79.9. The molecule has 0 fully saturated rings. The van der Waals surface area contributed by atoms with Gasteiger partial charge in [0.05, 0.1) is 4.47 Å². The molecule has 0 aliphatic rings. The normalized spacial score (nSPS) is 13.9. The molecule has 0 spiro atoms. The summed E-state index contributed by atoms with van der Waals surface area (Å²) >= 11 is 3.53. The summed E-state index contributed by atoms with van der Waals surface area (Å²) in [6.07, 6.45) is -0.153. The smallest absolute Gasteiger partial charge is 0.139 e. The molecule has 0 aliphatic heterocycles. The lowest BCUT2D eigenvalue weighted by Gasteiger charge is -2.23. The molecule has 2 nitrogen and oxygen atoms in total. The van der Waals surface area contributed by atoms with E-state index < -0.39 is 0 Å². The molecule has 0 radical (unpaired) electrons. The SMILES string of the molecule is Cc1ccc(OC(c2ccccc2)C(C)N)c(Br)c1. The van der Waals surface area contributed by atoms with Crippen LogP contribution in [0, 0.1) is 6.92 Å². The van der Waals surface area contributed by atoms with Crippen LogP contribution in [-0.2, 0) is 0 Å². The maximum atomic E-state index is 6.08. The molecule has 2 N–H and O–H groups in total. The maximum absolute atomic E-state index is 6.08. The second kappa shape index (κ2) is 6.22. The molecule has 19 heavy (non-hydrogen) atoms. The quantitative estimate of drug-likeness (QED) is 0.915. The number of hydrogen-bond acceptors (Lipinski definition) is 2. The number of halogens is 1. The molecule has 0 heterocycles. The van der Waals surface area contributed by atoms with E-state index in [-0.39, 0.29) is 12.1 Å². The van der Waals surface area contributed by atoms with Crippen LogP contribution in [0.5, 0.6) is 5.75 Å². The Hall–Kier alpha value is -1.32. The van der Waals surface area contributed by atoms with E-state index in [1.165, 1.54) is 5.56 Å². The molecule has 0 aliphatic carbocycles. The van der Waals surface area contributed by atoms with E-state index in [1.807, 2.05) is 55.5 Å². The molecule has 2 aromatic rings. The van der Waals surface area contributed by atoms with Gasteiger partial charge in [0.1, 0.15) is 11.9 Å². The number of benzene rings is 2. The van der Waals surface area contributed by atoms with Crippen LogP contribution in [0.25, 0.3) is 0 Å². The van der Waals surface area contributed by atoms with Crippen LogP contribution >= 0.6 is 15.9 Å². The van der Waals surface area contributed by atoms with Crippen molar-refractivity contribution in [1.82, 2.24) is 0 Å². The summed E-state index contributed by atoms with van der Waals surface area (Å²) in [6.45, 7) is 4.01. The topological polar surface area (TPSA) is 35.2 Å². The third-order valence-corrected chi connectivity index (χ3v) is 3.57. The van der Waals surface area contributed by atoms with Crippen molar-refractivity contribution in [3.63, 3.8) is 0 Å². The highest BCUT2D eigenvalue weighted by molar-refractivity contribution is 9.10. The van der Waals surface area contributed by atoms with E-state index in [2.05, 4.69) is 22.9 Å². The second-order valence-corrected chi connectivity index (χ2v) is 5.60. The Bertz CT molecular complexity index is 540. The van der Waals surface area contributed by atoms with Gasteiger partial charge in [0, 0.05) is 6.04 Å². The third kappa shape index (κ3) is 3.58. The third-order valence-electron chi connectivity index (χ3n) is 2.95. The van der Waals surface area contributed by atoms with Crippen LogP contribution in [0.4, 0.5) is 0 Å². The summed E-state index contributed by atoms with van der Waals surface area (Å²) in [5.74, 6) is 0.816. The van der Waals surface area contributed by atoms with Crippen molar-refractivity contribution < 1.29 is 4.74 Å². The molecule has 0 saturated heterocycles. The lowest BCUT2D eigenvalue weighted by Crippen LogP contribution is -2.29. The van der Waals surface area contributed by atoms with Gasteiger partial charge in [-0.2, -0.15) is 0 Å². The first-order chi connectivity index (χ1) is 9.08. The maximum Gasteiger partial charge on any atom is 0.139 e. The highest BCUT2D eigenvalue weighted by Gasteiger charge is 2.18. The molecular weight excluding hydrogens is 302 g/mol. The van der Waals surface area contributed by atoms with Gasteiger partial charge >= 0.3 is 0 Å². The van der Waals surface area contributed by atoms with Crippen LogP contribution in [0.1, 0.15) is 24.2 Å². The van der Waals surface area contributed by atoms with Crippen molar-refractivity contribution in [2.45, 2.75) is 26.0 Å². The average Bonchev–Trinajstić information content (AvgIpc) is 2.38. The van der Waals surface area contributed by atoms with Gasteiger partial charge in [-0.15, -0.1) is 0 Å². The van der Waals surface area contributed by atoms with Gasteiger partial charge in [-0.25, -0.2) is 0 Å². The molecule has 0 bridgehead atoms. The lowest BCUT2D eigenvalue weighted by atomic mass is 10.0. The van der Waals surface area contributed by atoms with Gasteiger partial charge in [0.15, 0.2) is 0 Å². The summed E-state index contributed by atoms with van der Waals surface area (Å²) < 4.78 is 7.03. The minimum atomic E-state index is -0.153. The van der Waals surface area contributed by atoms with Crippen molar-refractivity contribution in [1.29, 1.82) is 0 Å². The number of rotatable bonds is 4. The van der Waals surface area contributed by atoms with Gasteiger partial charge in [-0.1, -0.05) is 36.4 Å². The Balaban J connectivity index is 2.27. The van der Waals surface area contributed by atoms with E-state index in [0.29, 0.717) is 0 Å². The standard InChI is InChI=1S/C16H18BrNO/c1-11-8-9-15(14(17)10-11)19-16(12(2)18)13-6-4-3-5-7-13/h3-10,12,16H,18H2,1-2H3. The van der Waals surface area contributed by atoms with Crippen molar-refractivity contribution in [3.8, 4) is 5.75 Å². The predicted octanol–water partition coefficient (Wildman–Crippen LogP) is 4.22. The van der Waals surface area contributed by atoms with E-state index in [0.717, 1.165) is 15.8 Å². The fourth-order valence-electron chi connectivity index (χ4n) is 1.96. The zero-order valence-electron chi connectivity index (χ0n) is 11.1. The van der Waals surface area contributed by atoms with Crippen molar-refractivity contribution in [3.05, 3.63) is 64.1 Å². The predicted molar refractivity (Wildman–Crippen MR) is 82.3 cm³/mol. The van der Waals surface area contributed by atoms with Crippen molar-refractivity contribution >= 4 is 15.9 Å². The summed E-state index contributed by atoms with van der Waals surface area (Å²) in [4.78, 5) is 0. The first kappa shape index (κ1) is 14.1. The van der Waals surface area contributed by atoms with Crippen molar-refractivity contribution in [2.75, 3.05) is 0 Å². The number of ether oxygens (including phenoxy) is 1. The van der Waals surface area contributed by atoms with Gasteiger partial charge < -0.3 is 10.5 Å². The van der Waals surface area contributed by atoms with Crippen LogP contribution in [0.15, 0.2) is 53.0 Å². The van der Waals surface area contributed by atoms with Crippen LogP contribution < -0.4 is 10.5 Å². The summed E-state index contributed by atoms with van der Waals surface area (Å²) in [5.41, 5.74) is 8.34. The number of hydrogen-bond donors (Lipinski definition) is 1. The molecule has 2 unspecified atom stereocenters. The molecule has 2 aromatic carbocycles. The summed E-state index contributed by atoms with van der Waals surface area (Å²) in [5, 5.41) is 0.